The average Bonchev–Trinajstić information content (AvgIpc) is 3.05. The molecule has 0 aromatic heterocycles. The maximum absolute atomic E-state index is 4.29. The molecule has 2 rings (SSSR count). The Kier molecular flexibility index (Phi) is 10.3. The Morgan fingerprint density at radius 3 is 2.57 bits per heavy atom. The second-order valence-corrected chi connectivity index (χ2v) is 6.03. The molecule has 0 unspecified atom stereocenters. The van der Waals surface area contributed by atoms with Crippen molar-refractivity contribution in [2.75, 3.05) is 33.2 Å². The Hall–Kier alpha value is -0.820. The van der Waals surface area contributed by atoms with Crippen molar-refractivity contribution in [2.24, 2.45) is 4.99 Å². The molecule has 1 aliphatic rings. The van der Waals surface area contributed by atoms with E-state index in [1.165, 1.54) is 56.4 Å². The molecule has 0 amide bonds. The standard InChI is InChI=1S/C18H30N4.HI/c1-16-9-3-4-10-17(16)15-21-18(19-2)20-11-5-6-12-22-13-7-8-14-22;/h3-4,9-10H,5-8,11-15H2,1-2H3,(H2,19,20,21);1H. The first-order chi connectivity index (χ1) is 10.8. The van der Waals surface area contributed by atoms with E-state index in [-0.39, 0.29) is 24.0 Å². The van der Waals surface area contributed by atoms with Gasteiger partial charge in [-0.3, -0.25) is 4.99 Å². The lowest BCUT2D eigenvalue weighted by Crippen LogP contribution is -2.37. The molecule has 1 aromatic carbocycles. The quantitative estimate of drug-likeness (QED) is 0.302. The fourth-order valence-electron chi connectivity index (χ4n) is 2.88. The molecule has 23 heavy (non-hydrogen) atoms. The number of benzene rings is 1. The van der Waals surface area contributed by atoms with E-state index in [4.69, 9.17) is 0 Å². The van der Waals surface area contributed by atoms with Crippen LogP contribution in [0.5, 0.6) is 0 Å². The fourth-order valence-corrected chi connectivity index (χ4v) is 2.88. The molecule has 2 N–H and O–H groups in total. The maximum Gasteiger partial charge on any atom is 0.191 e. The largest absolute Gasteiger partial charge is 0.356 e. The lowest BCUT2D eigenvalue weighted by atomic mass is 10.1. The first-order valence-electron chi connectivity index (χ1n) is 8.51. The molecule has 5 heteroatoms. The van der Waals surface area contributed by atoms with Crippen molar-refractivity contribution in [3.8, 4) is 0 Å². The van der Waals surface area contributed by atoms with E-state index >= 15 is 0 Å². The van der Waals surface area contributed by atoms with Crippen molar-refractivity contribution in [3.05, 3.63) is 35.4 Å². The molecule has 0 aliphatic carbocycles. The van der Waals surface area contributed by atoms with Gasteiger partial charge < -0.3 is 15.5 Å². The number of likely N-dealkylation sites (tertiary alicyclic amines) is 1. The summed E-state index contributed by atoms with van der Waals surface area (Å²) < 4.78 is 0. The molecule has 1 saturated heterocycles. The van der Waals surface area contributed by atoms with Crippen molar-refractivity contribution in [2.45, 2.75) is 39.2 Å². The summed E-state index contributed by atoms with van der Waals surface area (Å²) in [4.78, 5) is 6.87. The molecule has 0 saturated carbocycles. The predicted octanol–water partition coefficient (Wildman–Crippen LogP) is 3.15. The van der Waals surface area contributed by atoms with Gasteiger partial charge in [-0.1, -0.05) is 24.3 Å². The number of nitrogens with zero attached hydrogens (tertiary/aromatic N) is 2. The van der Waals surface area contributed by atoms with Gasteiger partial charge in [0.1, 0.15) is 0 Å². The second kappa shape index (κ2) is 11.7. The monoisotopic (exact) mass is 430 g/mol. The third kappa shape index (κ3) is 7.52. The Labute approximate surface area is 158 Å². The van der Waals surface area contributed by atoms with Crippen LogP contribution in [0.4, 0.5) is 0 Å². The van der Waals surface area contributed by atoms with Gasteiger partial charge in [0.05, 0.1) is 0 Å². The van der Waals surface area contributed by atoms with Gasteiger partial charge in [0.25, 0.3) is 0 Å². The van der Waals surface area contributed by atoms with Gasteiger partial charge in [0, 0.05) is 20.1 Å². The Morgan fingerprint density at radius 1 is 1.13 bits per heavy atom. The first-order valence-corrected chi connectivity index (χ1v) is 8.51. The maximum atomic E-state index is 4.29. The van der Waals surface area contributed by atoms with Crippen LogP contribution in [0, 0.1) is 6.92 Å². The third-order valence-electron chi connectivity index (χ3n) is 4.32. The minimum absolute atomic E-state index is 0. The van der Waals surface area contributed by atoms with Crippen LogP contribution in [-0.4, -0.2) is 44.1 Å². The molecule has 0 spiro atoms. The summed E-state index contributed by atoms with van der Waals surface area (Å²) in [5, 5.41) is 6.79. The Bertz CT molecular complexity index is 470. The highest BCUT2D eigenvalue weighted by Gasteiger charge is 2.10. The van der Waals surface area contributed by atoms with E-state index in [9.17, 15) is 0 Å². The zero-order chi connectivity index (χ0) is 15.6. The molecule has 1 heterocycles. The minimum atomic E-state index is 0. The number of guanidine groups is 1. The topological polar surface area (TPSA) is 39.7 Å². The number of halogens is 1. The highest BCUT2D eigenvalue weighted by molar-refractivity contribution is 14.0. The van der Waals surface area contributed by atoms with Gasteiger partial charge >= 0.3 is 0 Å². The van der Waals surface area contributed by atoms with Crippen LogP contribution < -0.4 is 10.6 Å². The van der Waals surface area contributed by atoms with Crippen LogP contribution in [-0.2, 0) is 6.54 Å². The normalized spacial score (nSPS) is 15.3. The molecular formula is C18H31IN4. The Morgan fingerprint density at radius 2 is 1.87 bits per heavy atom. The predicted molar refractivity (Wildman–Crippen MR) is 110 cm³/mol. The van der Waals surface area contributed by atoms with E-state index in [1.807, 2.05) is 7.05 Å². The van der Waals surface area contributed by atoms with Crippen molar-refractivity contribution in [1.29, 1.82) is 0 Å². The summed E-state index contributed by atoms with van der Waals surface area (Å²) in [6, 6.07) is 8.46. The van der Waals surface area contributed by atoms with Gasteiger partial charge in [0.15, 0.2) is 5.96 Å². The summed E-state index contributed by atoms with van der Waals surface area (Å²) in [7, 11) is 1.83. The number of nitrogens with one attached hydrogen (secondary N) is 2. The molecule has 1 fully saturated rings. The number of hydrogen-bond acceptors (Lipinski definition) is 2. The van der Waals surface area contributed by atoms with E-state index < -0.39 is 0 Å². The van der Waals surface area contributed by atoms with Gasteiger partial charge in [-0.2, -0.15) is 0 Å². The SMILES string of the molecule is CN=C(NCCCCN1CCCC1)NCc1ccccc1C.I. The van der Waals surface area contributed by atoms with Crippen LogP contribution in [0.3, 0.4) is 0 Å². The lowest BCUT2D eigenvalue weighted by molar-refractivity contribution is 0.330. The van der Waals surface area contributed by atoms with Crippen LogP contribution in [0.25, 0.3) is 0 Å². The highest BCUT2D eigenvalue weighted by atomic mass is 127. The molecule has 0 bridgehead atoms. The zero-order valence-corrected chi connectivity index (χ0v) is 16.8. The summed E-state index contributed by atoms with van der Waals surface area (Å²) in [6.45, 7) is 7.80. The van der Waals surface area contributed by atoms with E-state index in [2.05, 4.69) is 51.7 Å². The van der Waals surface area contributed by atoms with E-state index in [0.29, 0.717) is 0 Å². The van der Waals surface area contributed by atoms with E-state index in [0.717, 1.165) is 19.0 Å². The second-order valence-electron chi connectivity index (χ2n) is 6.03. The first kappa shape index (κ1) is 20.2. The van der Waals surface area contributed by atoms with Crippen LogP contribution in [0.2, 0.25) is 0 Å². The lowest BCUT2D eigenvalue weighted by Gasteiger charge is -2.15. The summed E-state index contributed by atoms with van der Waals surface area (Å²) in [5.74, 6) is 0.893. The molecule has 130 valence electrons. The number of aryl methyl sites for hydroxylation is 1. The van der Waals surface area contributed by atoms with Crippen LogP contribution in [0.1, 0.15) is 36.8 Å². The average molecular weight is 430 g/mol. The smallest absolute Gasteiger partial charge is 0.191 e. The molecule has 1 aromatic rings. The summed E-state index contributed by atoms with van der Waals surface area (Å²) in [5.41, 5.74) is 2.63. The number of unbranched alkanes of at least 4 members (excludes halogenated alkanes) is 1. The molecule has 0 atom stereocenters. The van der Waals surface area contributed by atoms with Gasteiger partial charge in [-0.15, -0.1) is 24.0 Å². The Balaban J connectivity index is 0.00000264. The summed E-state index contributed by atoms with van der Waals surface area (Å²) in [6.07, 6.45) is 5.23. The minimum Gasteiger partial charge on any atom is -0.356 e. The number of rotatable bonds is 7. The van der Waals surface area contributed by atoms with Crippen molar-refractivity contribution in [3.63, 3.8) is 0 Å². The van der Waals surface area contributed by atoms with Crippen molar-refractivity contribution in [1.82, 2.24) is 15.5 Å². The van der Waals surface area contributed by atoms with Gasteiger partial charge in [0.2, 0.25) is 0 Å². The molecule has 4 nitrogen and oxygen atoms in total. The summed E-state index contributed by atoms with van der Waals surface area (Å²) >= 11 is 0. The molecule has 0 radical (unpaired) electrons. The molecular weight excluding hydrogens is 399 g/mol. The number of aliphatic imine (C=N–C) groups is 1. The van der Waals surface area contributed by atoms with Crippen LogP contribution >= 0.6 is 24.0 Å². The van der Waals surface area contributed by atoms with E-state index in [1.54, 1.807) is 0 Å². The number of hydrogen-bond donors (Lipinski definition) is 2. The molecule has 1 aliphatic heterocycles. The zero-order valence-electron chi connectivity index (χ0n) is 14.5. The van der Waals surface area contributed by atoms with Gasteiger partial charge in [-0.25, -0.2) is 0 Å². The van der Waals surface area contributed by atoms with Crippen LogP contribution in [0.15, 0.2) is 29.3 Å². The van der Waals surface area contributed by atoms with Crippen molar-refractivity contribution < 1.29 is 0 Å². The fraction of sp³-hybridized carbons (Fsp3) is 0.611. The van der Waals surface area contributed by atoms with Gasteiger partial charge in [-0.05, 0) is 63.4 Å². The van der Waals surface area contributed by atoms with Crippen molar-refractivity contribution >= 4 is 29.9 Å². The third-order valence-corrected chi connectivity index (χ3v) is 4.32. The highest BCUT2D eigenvalue weighted by Crippen LogP contribution is 2.08.